The molecule has 1 amide bonds. The molecule has 23 heavy (non-hydrogen) atoms. The largest absolute Gasteiger partial charge is 0.376 e. The normalized spacial score (nSPS) is 17.3. The second-order valence-electron chi connectivity index (χ2n) is 5.67. The molecule has 7 nitrogen and oxygen atoms in total. The monoisotopic (exact) mass is 315 g/mol. The van der Waals surface area contributed by atoms with E-state index in [9.17, 15) is 4.79 Å². The maximum absolute atomic E-state index is 12.0. The van der Waals surface area contributed by atoms with Gasteiger partial charge < -0.3 is 10.1 Å². The zero-order valence-electron chi connectivity index (χ0n) is 13.0. The highest BCUT2D eigenvalue weighted by molar-refractivity contribution is 5.77. The number of aromatic nitrogens is 4. The minimum Gasteiger partial charge on any atom is -0.376 e. The van der Waals surface area contributed by atoms with Crippen LogP contribution in [0.4, 0.5) is 0 Å². The number of nitrogens with zero attached hydrogens (tertiary/aromatic N) is 4. The van der Waals surface area contributed by atoms with Crippen LogP contribution in [0.1, 0.15) is 24.2 Å². The number of aryl methyl sites for hydroxylation is 2. The van der Waals surface area contributed by atoms with Crippen LogP contribution in [0, 0.1) is 0 Å². The smallest absolute Gasteiger partial charge is 0.227 e. The number of amides is 1. The number of ether oxygens (including phenoxy) is 1. The topological polar surface area (TPSA) is 81.9 Å². The van der Waals surface area contributed by atoms with Gasteiger partial charge in [-0.05, 0) is 35.3 Å². The molecule has 1 fully saturated rings. The highest BCUT2D eigenvalue weighted by Crippen LogP contribution is 2.10. The van der Waals surface area contributed by atoms with Gasteiger partial charge in [0.05, 0.1) is 12.5 Å². The van der Waals surface area contributed by atoms with E-state index in [1.165, 1.54) is 5.56 Å². The van der Waals surface area contributed by atoms with Gasteiger partial charge in [-0.25, -0.2) is 4.68 Å². The third-order valence-electron chi connectivity index (χ3n) is 3.93. The van der Waals surface area contributed by atoms with E-state index in [2.05, 4.69) is 33.0 Å². The SMILES string of the molecule is O=C(Cc1nnnn1CCc1ccccc1)NCC1CCCO1. The summed E-state index contributed by atoms with van der Waals surface area (Å²) in [5, 5.41) is 14.5. The van der Waals surface area contributed by atoms with E-state index >= 15 is 0 Å². The number of carbonyl (C=O) groups is 1. The van der Waals surface area contributed by atoms with Crippen molar-refractivity contribution in [2.75, 3.05) is 13.2 Å². The Hall–Kier alpha value is -2.28. The van der Waals surface area contributed by atoms with E-state index in [4.69, 9.17) is 4.74 Å². The van der Waals surface area contributed by atoms with Crippen molar-refractivity contribution in [2.45, 2.75) is 38.3 Å². The Morgan fingerprint density at radius 2 is 2.22 bits per heavy atom. The highest BCUT2D eigenvalue weighted by atomic mass is 16.5. The lowest BCUT2D eigenvalue weighted by molar-refractivity contribution is -0.121. The van der Waals surface area contributed by atoms with Crippen molar-refractivity contribution >= 4 is 5.91 Å². The average Bonchev–Trinajstić information content (AvgIpc) is 3.24. The van der Waals surface area contributed by atoms with Gasteiger partial charge in [0, 0.05) is 19.7 Å². The van der Waals surface area contributed by atoms with Gasteiger partial charge >= 0.3 is 0 Å². The van der Waals surface area contributed by atoms with Gasteiger partial charge in [-0.1, -0.05) is 30.3 Å². The molecule has 2 aromatic rings. The van der Waals surface area contributed by atoms with Crippen molar-refractivity contribution in [1.82, 2.24) is 25.5 Å². The number of carbonyl (C=O) groups excluding carboxylic acids is 1. The summed E-state index contributed by atoms with van der Waals surface area (Å²) >= 11 is 0. The second kappa shape index (κ2) is 7.82. The first-order valence-corrected chi connectivity index (χ1v) is 7.98. The fourth-order valence-electron chi connectivity index (χ4n) is 2.64. The first kappa shape index (κ1) is 15.6. The maximum Gasteiger partial charge on any atom is 0.227 e. The Balaban J connectivity index is 1.48. The molecule has 0 radical (unpaired) electrons. The molecule has 1 aliphatic heterocycles. The molecule has 1 saturated heterocycles. The number of hydrogen-bond donors (Lipinski definition) is 1. The van der Waals surface area contributed by atoms with Crippen LogP contribution in [-0.2, 0) is 28.9 Å². The summed E-state index contributed by atoms with van der Waals surface area (Å²) in [7, 11) is 0. The van der Waals surface area contributed by atoms with Crippen molar-refractivity contribution in [1.29, 1.82) is 0 Å². The summed E-state index contributed by atoms with van der Waals surface area (Å²) in [6, 6.07) is 10.1. The van der Waals surface area contributed by atoms with Crippen LogP contribution in [0.25, 0.3) is 0 Å². The molecule has 0 aliphatic carbocycles. The summed E-state index contributed by atoms with van der Waals surface area (Å²) in [5.74, 6) is 0.516. The minimum absolute atomic E-state index is 0.0729. The predicted octanol–water partition coefficient (Wildman–Crippen LogP) is 0.753. The molecule has 1 atom stereocenters. The Morgan fingerprint density at radius 3 is 3.00 bits per heavy atom. The summed E-state index contributed by atoms with van der Waals surface area (Å²) in [6.45, 7) is 2.01. The summed E-state index contributed by atoms with van der Waals surface area (Å²) in [6.07, 6.45) is 3.24. The molecule has 1 aromatic heterocycles. The van der Waals surface area contributed by atoms with Gasteiger partial charge in [0.1, 0.15) is 0 Å². The standard InChI is InChI=1S/C16H21N5O2/c22-16(17-12-14-7-4-10-23-14)11-15-18-19-20-21(15)9-8-13-5-2-1-3-6-13/h1-3,5-6,14H,4,7-12H2,(H,17,22). The summed E-state index contributed by atoms with van der Waals surface area (Å²) in [4.78, 5) is 12.0. The van der Waals surface area contributed by atoms with Crippen molar-refractivity contribution in [3.63, 3.8) is 0 Å². The lowest BCUT2D eigenvalue weighted by Crippen LogP contribution is -2.33. The van der Waals surface area contributed by atoms with Gasteiger partial charge in [0.25, 0.3) is 0 Å². The lowest BCUT2D eigenvalue weighted by atomic mass is 10.1. The minimum atomic E-state index is -0.0729. The van der Waals surface area contributed by atoms with Gasteiger partial charge in [0.2, 0.25) is 5.91 Å². The van der Waals surface area contributed by atoms with E-state index in [1.54, 1.807) is 4.68 Å². The Labute approximate surface area is 135 Å². The number of hydrogen-bond acceptors (Lipinski definition) is 5. The van der Waals surface area contributed by atoms with Crippen LogP contribution in [0.15, 0.2) is 30.3 Å². The third-order valence-corrected chi connectivity index (χ3v) is 3.93. The van der Waals surface area contributed by atoms with Crippen molar-refractivity contribution < 1.29 is 9.53 Å². The van der Waals surface area contributed by atoms with Crippen LogP contribution in [0.2, 0.25) is 0 Å². The molecule has 1 unspecified atom stereocenters. The number of nitrogens with one attached hydrogen (secondary N) is 1. The Bertz CT molecular complexity index is 622. The predicted molar refractivity (Wildman–Crippen MR) is 83.7 cm³/mol. The van der Waals surface area contributed by atoms with E-state index in [-0.39, 0.29) is 18.4 Å². The molecule has 3 rings (SSSR count). The van der Waals surface area contributed by atoms with E-state index in [1.807, 2.05) is 18.2 Å². The molecule has 0 bridgehead atoms. The van der Waals surface area contributed by atoms with Crippen molar-refractivity contribution in [3.05, 3.63) is 41.7 Å². The van der Waals surface area contributed by atoms with E-state index in [0.717, 1.165) is 25.9 Å². The first-order valence-electron chi connectivity index (χ1n) is 7.98. The molecular weight excluding hydrogens is 294 g/mol. The van der Waals surface area contributed by atoms with Crippen molar-refractivity contribution in [3.8, 4) is 0 Å². The molecule has 122 valence electrons. The van der Waals surface area contributed by atoms with Gasteiger partial charge in [-0.3, -0.25) is 4.79 Å². The third kappa shape index (κ3) is 4.59. The molecule has 1 N–H and O–H groups in total. The maximum atomic E-state index is 12.0. The number of tetrazole rings is 1. The first-order chi connectivity index (χ1) is 11.3. The van der Waals surface area contributed by atoms with Crippen LogP contribution >= 0.6 is 0 Å². The van der Waals surface area contributed by atoms with Crippen LogP contribution < -0.4 is 5.32 Å². The second-order valence-corrected chi connectivity index (χ2v) is 5.67. The Morgan fingerprint density at radius 1 is 1.35 bits per heavy atom. The zero-order valence-corrected chi connectivity index (χ0v) is 13.0. The quantitative estimate of drug-likeness (QED) is 0.815. The molecule has 0 spiro atoms. The fraction of sp³-hybridized carbons (Fsp3) is 0.500. The number of rotatable bonds is 7. The van der Waals surface area contributed by atoms with Gasteiger partial charge in [-0.2, -0.15) is 0 Å². The lowest BCUT2D eigenvalue weighted by Gasteiger charge is -2.10. The van der Waals surface area contributed by atoms with Crippen LogP contribution in [-0.4, -0.2) is 45.4 Å². The number of benzene rings is 1. The van der Waals surface area contributed by atoms with Gasteiger partial charge in [0.15, 0.2) is 5.82 Å². The summed E-state index contributed by atoms with van der Waals surface area (Å²) in [5.41, 5.74) is 1.22. The molecule has 0 saturated carbocycles. The average molecular weight is 315 g/mol. The zero-order chi connectivity index (χ0) is 15.9. The molecule has 1 aromatic carbocycles. The fourth-order valence-corrected chi connectivity index (χ4v) is 2.64. The van der Waals surface area contributed by atoms with Crippen LogP contribution in [0.5, 0.6) is 0 Å². The van der Waals surface area contributed by atoms with Gasteiger partial charge in [-0.15, -0.1) is 5.10 Å². The molecule has 1 aliphatic rings. The summed E-state index contributed by atoms with van der Waals surface area (Å²) < 4.78 is 7.18. The molecular formula is C16H21N5O2. The highest BCUT2D eigenvalue weighted by Gasteiger charge is 2.17. The molecule has 7 heteroatoms. The van der Waals surface area contributed by atoms with E-state index in [0.29, 0.717) is 18.9 Å². The van der Waals surface area contributed by atoms with Crippen LogP contribution in [0.3, 0.4) is 0 Å². The van der Waals surface area contributed by atoms with E-state index < -0.39 is 0 Å². The van der Waals surface area contributed by atoms with Crippen molar-refractivity contribution in [2.24, 2.45) is 0 Å². The molecule has 2 heterocycles. The Kier molecular flexibility index (Phi) is 5.31.